The first-order chi connectivity index (χ1) is 11.1. The standard InChI is InChI=1S/C17H30N4O2/c1-6-23-10-8-7-9-19-17(18-4)21-12-15-14(3)16(22-5)13(2)11-20-15/h11H,6-10,12H2,1-5H3,(H2,18,19,21). The molecule has 0 unspecified atom stereocenters. The van der Waals surface area contributed by atoms with Gasteiger partial charge in [-0.15, -0.1) is 0 Å². The summed E-state index contributed by atoms with van der Waals surface area (Å²) in [6, 6.07) is 0. The van der Waals surface area contributed by atoms with E-state index in [4.69, 9.17) is 9.47 Å². The molecule has 2 N–H and O–H groups in total. The molecule has 0 fully saturated rings. The quantitative estimate of drug-likeness (QED) is 0.414. The Morgan fingerprint density at radius 2 is 2.04 bits per heavy atom. The van der Waals surface area contributed by atoms with E-state index in [9.17, 15) is 0 Å². The van der Waals surface area contributed by atoms with Crippen LogP contribution in [-0.4, -0.2) is 44.9 Å². The number of guanidine groups is 1. The van der Waals surface area contributed by atoms with Crippen LogP contribution in [0.5, 0.6) is 5.75 Å². The normalized spacial score (nSPS) is 11.4. The number of pyridine rings is 1. The van der Waals surface area contributed by atoms with Crippen LogP contribution < -0.4 is 15.4 Å². The third-order valence-corrected chi connectivity index (χ3v) is 3.61. The first-order valence-corrected chi connectivity index (χ1v) is 8.15. The maximum absolute atomic E-state index is 5.44. The van der Waals surface area contributed by atoms with Crippen molar-refractivity contribution < 1.29 is 9.47 Å². The van der Waals surface area contributed by atoms with Gasteiger partial charge in [-0.05, 0) is 33.6 Å². The van der Waals surface area contributed by atoms with Gasteiger partial charge in [0.05, 0.1) is 19.3 Å². The van der Waals surface area contributed by atoms with Crippen LogP contribution in [0.2, 0.25) is 0 Å². The Labute approximate surface area is 139 Å². The zero-order chi connectivity index (χ0) is 17.1. The minimum atomic E-state index is 0.612. The Morgan fingerprint density at radius 1 is 1.26 bits per heavy atom. The SMILES string of the molecule is CCOCCCCNC(=NC)NCc1ncc(C)c(OC)c1C. The molecule has 1 heterocycles. The lowest BCUT2D eigenvalue weighted by Gasteiger charge is -2.15. The maximum atomic E-state index is 5.44. The number of rotatable bonds is 9. The molecule has 0 saturated carbocycles. The van der Waals surface area contributed by atoms with Crippen LogP contribution in [0.1, 0.15) is 36.6 Å². The van der Waals surface area contributed by atoms with Gasteiger partial charge in [-0.2, -0.15) is 0 Å². The number of aryl methyl sites for hydroxylation is 1. The minimum absolute atomic E-state index is 0.612. The molecule has 0 radical (unpaired) electrons. The summed E-state index contributed by atoms with van der Waals surface area (Å²) in [5.74, 6) is 1.68. The maximum Gasteiger partial charge on any atom is 0.191 e. The Balaban J connectivity index is 2.43. The lowest BCUT2D eigenvalue weighted by Crippen LogP contribution is -2.37. The van der Waals surface area contributed by atoms with Crippen molar-refractivity contribution in [3.63, 3.8) is 0 Å². The number of ether oxygens (including phenoxy) is 2. The van der Waals surface area contributed by atoms with Crippen LogP contribution >= 0.6 is 0 Å². The third kappa shape index (κ3) is 6.44. The molecular formula is C17H30N4O2. The molecule has 0 aromatic carbocycles. The molecular weight excluding hydrogens is 292 g/mol. The molecule has 0 spiro atoms. The van der Waals surface area contributed by atoms with Crippen molar-refractivity contribution in [3.05, 3.63) is 23.0 Å². The molecule has 0 amide bonds. The Kier molecular flexibility index (Phi) is 9.05. The number of aromatic nitrogens is 1. The summed E-state index contributed by atoms with van der Waals surface area (Å²) < 4.78 is 10.8. The smallest absolute Gasteiger partial charge is 0.191 e. The molecule has 23 heavy (non-hydrogen) atoms. The van der Waals surface area contributed by atoms with Crippen molar-refractivity contribution in [1.82, 2.24) is 15.6 Å². The van der Waals surface area contributed by atoms with E-state index in [1.165, 1.54) is 0 Å². The number of hydrogen-bond donors (Lipinski definition) is 2. The van der Waals surface area contributed by atoms with Gasteiger partial charge in [0.1, 0.15) is 5.75 Å². The van der Waals surface area contributed by atoms with Crippen LogP contribution in [0.3, 0.4) is 0 Å². The van der Waals surface area contributed by atoms with E-state index in [0.29, 0.717) is 6.54 Å². The number of methoxy groups -OCH3 is 1. The first kappa shape index (κ1) is 19.2. The van der Waals surface area contributed by atoms with Gasteiger partial charge < -0.3 is 20.1 Å². The average molecular weight is 322 g/mol. The lowest BCUT2D eigenvalue weighted by molar-refractivity contribution is 0.143. The van der Waals surface area contributed by atoms with E-state index in [0.717, 1.165) is 61.1 Å². The second-order valence-corrected chi connectivity index (χ2v) is 5.30. The summed E-state index contributed by atoms with van der Waals surface area (Å²) in [7, 11) is 3.46. The summed E-state index contributed by atoms with van der Waals surface area (Å²) in [5, 5.41) is 6.59. The Bertz CT molecular complexity index is 504. The molecule has 0 saturated heterocycles. The molecule has 6 heteroatoms. The predicted octanol–water partition coefficient (Wildman–Crippen LogP) is 2.19. The molecule has 0 aliphatic rings. The molecule has 0 atom stereocenters. The highest BCUT2D eigenvalue weighted by atomic mass is 16.5. The fraction of sp³-hybridized carbons (Fsp3) is 0.647. The summed E-state index contributed by atoms with van der Waals surface area (Å²) in [4.78, 5) is 8.71. The first-order valence-electron chi connectivity index (χ1n) is 8.15. The largest absolute Gasteiger partial charge is 0.496 e. The monoisotopic (exact) mass is 322 g/mol. The fourth-order valence-electron chi connectivity index (χ4n) is 2.32. The van der Waals surface area contributed by atoms with Gasteiger partial charge in [-0.1, -0.05) is 0 Å². The summed E-state index contributed by atoms with van der Waals surface area (Å²) in [6.45, 7) is 9.12. The Hall–Kier alpha value is -1.82. The molecule has 0 aliphatic carbocycles. The second-order valence-electron chi connectivity index (χ2n) is 5.30. The van der Waals surface area contributed by atoms with Crippen LogP contribution in [-0.2, 0) is 11.3 Å². The highest BCUT2D eigenvalue weighted by Crippen LogP contribution is 2.23. The van der Waals surface area contributed by atoms with Crippen LogP contribution in [0, 0.1) is 13.8 Å². The van der Waals surface area contributed by atoms with Gasteiger partial charge >= 0.3 is 0 Å². The average Bonchev–Trinajstić information content (AvgIpc) is 2.55. The Morgan fingerprint density at radius 3 is 2.70 bits per heavy atom. The molecule has 130 valence electrons. The van der Waals surface area contributed by atoms with E-state index in [-0.39, 0.29) is 0 Å². The predicted molar refractivity (Wildman–Crippen MR) is 94.2 cm³/mol. The number of aliphatic imine (C=N–C) groups is 1. The molecule has 0 aliphatic heterocycles. The van der Waals surface area contributed by atoms with Crippen molar-refractivity contribution >= 4 is 5.96 Å². The van der Waals surface area contributed by atoms with E-state index < -0.39 is 0 Å². The zero-order valence-corrected chi connectivity index (χ0v) is 15.0. The minimum Gasteiger partial charge on any atom is -0.496 e. The van der Waals surface area contributed by atoms with Crippen molar-refractivity contribution in [2.24, 2.45) is 4.99 Å². The summed E-state index contributed by atoms with van der Waals surface area (Å²) >= 11 is 0. The summed E-state index contributed by atoms with van der Waals surface area (Å²) in [6.07, 6.45) is 3.94. The van der Waals surface area contributed by atoms with Gasteiger partial charge in [0.2, 0.25) is 0 Å². The van der Waals surface area contributed by atoms with Crippen molar-refractivity contribution in [2.45, 2.75) is 40.2 Å². The molecule has 1 aromatic heterocycles. The highest BCUT2D eigenvalue weighted by Gasteiger charge is 2.09. The lowest BCUT2D eigenvalue weighted by atomic mass is 10.1. The van der Waals surface area contributed by atoms with Crippen LogP contribution in [0.4, 0.5) is 0 Å². The topological polar surface area (TPSA) is 67.8 Å². The van der Waals surface area contributed by atoms with Gasteiger partial charge in [0.15, 0.2) is 5.96 Å². The fourth-order valence-corrected chi connectivity index (χ4v) is 2.32. The van der Waals surface area contributed by atoms with Crippen molar-refractivity contribution in [2.75, 3.05) is 33.9 Å². The van der Waals surface area contributed by atoms with Crippen LogP contribution in [0.25, 0.3) is 0 Å². The van der Waals surface area contributed by atoms with E-state index in [1.54, 1.807) is 14.2 Å². The number of nitrogens with one attached hydrogen (secondary N) is 2. The highest BCUT2D eigenvalue weighted by molar-refractivity contribution is 5.79. The number of hydrogen-bond acceptors (Lipinski definition) is 4. The van der Waals surface area contributed by atoms with E-state index >= 15 is 0 Å². The zero-order valence-electron chi connectivity index (χ0n) is 15.0. The van der Waals surface area contributed by atoms with Gasteiger partial charge in [0, 0.05) is 44.1 Å². The van der Waals surface area contributed by atoms with E-state index in [2.05, 4.69) is 20.6 Å². The number of nitrogens with zero attached hydrogens (tertiary/aromatic N) is 2. The molecule has 6 nitrogen and oxygen atoms in total. The van der Waals surface area contributed by atoms with E-state index in [1.807, 2.05) is 27.0 Å². The second kappa shape index (κ2) is 10.8. The number of unbranched alkanes of at least 4 members (excludes halogenated alkanes) is 1. The van der Waals surface area contributed by atoms with Crippen molar-refractivity contribution in [1.29, 1.82) is 0 Å². The van der Waals surface area contributed by atoms with Crippen LogP contribution in [0.15, 0.2) is 11.2 Å². The van der Waals surface area contributed by atoms with Gasteiger partial charge in [0.25, 0.3) is 0 Å². The summed E-state index contributed by atoms with van der Waals surface area (Å²) in [5.41, 5.74) is 3.07. The third-order valence-electron chi connectivity index (χ3n) is 3.61. The molecule has 1 rings (SSSR count). The van der Waals surface area contributed by atoms with Crippen molar-refractivity contribution in [3.8, 4) is 5.75 Å². The molecule has 0 bridgehead atoms. The molecule has 1 aromatic rings. The van der Waals surface area contributed by atoms with Gasteiger partial charge in [-0.25, -0.2) is 0 Å². The van der Waals surface area contributed by atoms with Gasteiger partial charge in [-0.3, -0.25) is 9.98 Å².